The van der Waals surface area contributed by atoms with Crippen molar-refractivity contribution in [2.75, 3.05) is 18.5 Å². The number of carbonyl (C=O) groups is 2. The third-order valence-electron chi connectivity index (χ3n) is 5.01. The van der Waals surface area contributed by atoms with Crippen molar-refractivity contribution in [1.29, 1.82) is 0 Å². The average Bonchev–Trinajstić information content (AvgIpc) is 3.14. The van der Waals surface area contributed by atoms with Gasteiger partial charge in [-0.3, -0.25) is 4.79 Å². The molecule has 3 heterocycles. The highest BCUT2D eigenvalue weighted by molar-refractivity contribution is 7.19. The SMILES string of the molecule is O=C(O)C=CC(=O)N1CCc2c(sc3ncnc(N[C@H](CO)c4ccccc4)c23)C1. The van der Waals surface area contributed by atoms with Crippen LogP contribution in [-0.4, -0.2) is 50.1 Å². The van der Waals surface area contributed by atoms with Crippen molar-refractivity contribution in [2.45, 2.75) is 19.0 Å². The fourth-order valence-corrected chi connectivity index (χ4v) is 4.76. The lowest BCUT2D eigenvalue weighted by Gasteiger charge is -2.26. The van der Waals surface area contributed by atoms with Crippen LogP contribution in [0.5, 0.6) is 0 Å². The predicted molar refractivity (Wildman–Crippen MR) is 113 cm³/mol. The molecule has 0 unspecified atom stereocenters. The van der Waals surface area contributed by atoms with Crippen LogP contribution in [0, 0.1) is 0 Å². The molecule has 0 bridgehead atoms. The molecule has 0 fully saturated rings. The normalized spacial score (nSPS) is 14.6. The van der Waals surface area contributed by atoms with Crippen LogP contribution >= 0.6 is 11.3 Å². The molecule has 0 saturated carbocycles. The summed E-state index contributed by atoms with van der Waals surface area (Å²) in [5.74, 6) is -0.814. The van der Waals surface area contributed by atoms with Gasteiger partial charge in [-0.05, 0) is 17.5 Å². The minimum absolute atomic E-state index is 0.0833. The lowest BCUT2D eigenvalue weighted by Crippen LogP contribution is -2.34. The molecule has 154 valence electrons. The number of hydrogen-bond acceptors (Lipinski definition) is 7. The second-order valence-corrected chi connectivity index (χ2v) is 7.96. The third kappa shape index (κ3) is 4.03. The largest absolute Gasteiger partial charge is 0.478 e. The molecule has 2 aromatic heterocycles. The maximum atomic E-state index is 12.2. The van der Waals surface area contributed by atoms with Gasteiger partial charge in [-0.25, -0.2) is 14.8 Å². The van der Waals surface area contributed by atoms with Gasteiger partial charge in [-0.2, -0.15) is 0 Å². The quantitative estimate of drug-likeness (QED) is 0.520. The molecule has 1 aliphatic rings. The van der Waals surface area contributed by atoms with Crippen molar-refractivity contribution in [1.82, 2.24) is 14.9 Å². The van der Waals surface area contributed by atoms with Crippen LogP contribution < -0.4 is 5.32 Å². The van der Waals surface area contributed by atoms with E-state index in [1.165, 1.54) is 17.7 Å². The Bertz CT molecular complexity index is 1110. The van der Waals surface area contributed by atoms with Gasteiger partial charge in [0.05, 0.1) is 24.6 Å². The highest BCUT2D eigenvalue weighted by atomic mass is 32.1. The number of aromatic nitrogens is 2. The number of hydrogen-bond donors (Lipinski definition) is 3. The van der Waals surface area contributed by atoms with Crippen LogP contribution in [0.1, 0.15) is 22.0 Å². The number of carboxylic acid groups (broad SMARTS) is 1. The molecule has 3 aromatic rings. The van der Waals surface area contributed by atoms with E-state index in [0.29, 0.717) is 25.3 Å². The number of rotatable bonds is 6. The van der Waals surface area contributed by atoms with Gasteiger partial charge in [-0.15, -0.1) is 11.3 Å². The molecule has 30 heavy (non-hydrogen) atoms. The number of benzene rings is 1. The summed E-state index contributed by atoms with van der Waals surface area (Å²) in [5, 5.41) is 22.9. The zero-order valence-corrected chi connectivity index (χ0v) is 16.8. The summed E-state index contributed by atoms with van der Waals surface area (Å²) >= 11 is 1.50. The van der Waals surface area contributed by atoms with E-state index < -0.39 is 5.97 Å². The van der Waals surface area contributed by atoms with Gasteiger partial charge in [-0.1, -0.05) is 30.3 Å². The Balaban J connectivity index is 1.63. The fraction of sp³-hybridized carbons (Fsp3) is 0.238. The Morgan fingerprint density at radius 3 is 2.77 bits per heavy atom. The highest BCUT2D eigenvalue weighted by Crippen LogP contribution is 2.38. The summed E-state index contributed by atoms with van der Waals surface area (Å²) in [5.41, 5.74) is 2.05. The van der Waals surface area contributed by atoms with E-state index in [0.717, 1.165) is 38.4 Å². The molecule has 1 atom stereocenters. The smallest absolute Gasteiger partial charge is 0.328 e. The Morgan fingerprint density at radius 1 is 1.23 bits per heavy atom. The number of aliphatic hydroxyl groups excluding tert-OH is 1. The first-order valence-electron chi connectivity index (χ1n) is 9.44. The van der Waals surface area contributed by atoms with Gasteiger partial charge in [0.2, 0.25) is 5.91 Å². The number of thiophene rings is 1. The number of carbonyl (C=O) groups excluding carboxylic acids is 1. The summed E-state index contributed by atoms with van der Waals surface area (Å²) in [6.07, 6.45) is 4.05. The Labute approximate surface area is 176 Å². The zero-order chi connectivity index (χ0) is 21.1. The van der Waals surface area contributed by atoms with Gasteiger partial charge in [0.15, 0.2) is 0 Å². The molecule has 0 aliphatic carbocycles. The van der Waals surface area contributed by atoms with Crippen molar-refractivity contribution in [3.63, 3.8) is 0 Å². The van der Waals surface area contributed by atoms with Crippen LogP contribution in [0.25, 0.3) is 10.2 Å². The molecular formula is C21H20N4O4S. The molecule has 8 nitrogen and oxygen atoms in total. The van der Waals surface area contributed by atoms with Gasteiger partial charge in [0.1, 0.15) is 17.0 Å². The lowest BCUT2D eigenvalue weighted by atomic mass is 10.0. The van der Waals surface area contributed by atoms with E-state index in [2.05, 4.69) is 15.3 Å². The number of anilines is 1. The molecule has 4 rings (SSSR count). The van der Waals surface area contributed by atoms with Gasteiger partial charge < -0.3 is 20.4 Å². The molecule has 1 amide bonds. The Hall–Kier alpha value is -3.30. The van der Waals surface area contributed by atoms with Crippen molar-refractivity contribution >= 4 is 39.2 Å². The molecule has 1 aliphatic heterocycles. The average molecular weight is 424 g/mol. The standard InChI is InChI=1S/C21H20N4O4S/c26-11-15(13-4-2-1-3-5-13)24-20-19-14-8-9-25(17(27)6-7-18(28)29)10-16(14)30-21(19)23-12-22-20/h1-7,12,15,26H,8-11H2,(H,28,29)(H,22,23,24)/t15-/m1/s1. The first-order chi connectivity index (χ1) is 14.6. The number of nitrogens with one attached hydrogen (secondary N) is 1. The molecule has 3 N–H and O–H groups in total. The molecule has 0 spiro atoms. The molecular weight excluding hydrogens is 404 g/mol. The molecule has 0 saturated heterocycles. The summed E-state index contributed by atoms with van der Waals surface area (Å²) in [6.45, 7) is 0.804. The second kappa shape index (κ2) is 8.60. The summed E-state index contributed by atoms with van der Waals surface area (Å²) in [7, 11) is 0. The van der Waals surface area contributed by atoms with E-state index >= 15 is 0 Å². The number of carboxylic acids is 1. The lowest BCUT2D eigenvalue weighted by molar-refractivity contribution is -0.132. The van der Waals surface area contributed by atoms with E-state index in [4.69, 9.17) is 5.11 Å². The Morgan fingerprint density at radius 2 is 2.03 bits per heavy atom. The Kier molecular flexibility index (Phi) is 5.73. The van der Waals surface area contributed by atoms with Crippen molar-refractivity contribution in [3.05, 3.63) is 64.8 Å². The number of fused-ring (bicyclic) bond motifs is 3. The molecule has 1 aromatic carbocycles. The summed E-state index contributed by atoms with van der Waals surface area (Å²) in [6, 6.07) is 9.36. The number of nitrogens with zero attached hydrogens (tertiary/aromatic N) is 3. The summed E-state index contributed by atoms with van der Waals surface area (Å²) in [4.78, 5) is 35.2. The van der Waals surface area contributed by atoms with E-state index in [9.17, 15) is 14.7 Å². The van der Waals surface area contributed by atoms with Crippen LogP contribution in [-0.2, 0) is 22.6 Å². The predicted octanol–water partition coefficient (Wildman–Crippen LogP) is 2.36. The molecule has 9 heteroatoms. The third-order valence-corrected chi connectivity index (χ3v) is 6.14. The first-order valence-corrected chi connectivity index (χ1v) is 10.3. The number of amides is 1. The van der Waals surface area contributed by atoms with Crippen molar-refractivity contribution in [3.8, 4) is 0 Å². The van der Waals surface area contributed by atoms with Gasteiger partial charge in [0, 0.05) is 23.6 Å². The van der Waals surface area contributed by atoms with Crippen molar-refractivity contribution in [2.24, 2.45) is 0 Å². The van der Waals surface area contributed by atoms with Crippen LogP contribution in [0.2, 0.25) is 0 Å². The highest BCUT2D eigenvalue weighted by Gasteiger charge is 2.26. The minimum atomic E-state index is -1.15. The van der Waals surface area contributed by atoms with Gasteiger partial charge in [0.25, 0.3) is 0 Å². The van der Waals surface area contributed by atoms with Crippen molar-refractivity contribution < 1.29 is 19.8 Å². The van der Waals surface area contributed by atoms with Crippen LogP contribution in [0.3, 0.4) is 0 Å². The maximum Gasteiger partial charge on any atom is 0.328 e. The van der Waals surface area contributed by atoms with E-state index in [-0.39, 0.29) is 18.6 Å². The van der Waals surface area contributed by atoms with Crippen LogP contribution in [0.15, 0.2) is 48.8 Å². The first kappa shape index (κ1) is 20.0. The summed E-state index contributed by atoms with van der Waals surface area (Å²) < 4.78 is 0. The fourth-order valence-electron chi connectivity index (χ4n) is 3.56. The monoisotopic (exact) mass is 424 g/mol. The van der Waals surface area contributed by atoms with E-state index in [1.54, 1.807) is 4.90 Å². The maximum absolute atomic E-state index is 12.2. The topological polar surface area (TPSA) is 116 Å². The zero-order valence-electron chi connectivity index (χ0n) is 16.0. The van der Waals surface area contributed by atoms with Crippen LogP contribution in [0.4, 0.5) is 5.82 Å². The van der Waals surface area contributed by atoms with Gasteiger partial charge >= 0.3 is 5.97 Å². The van der Waals surface area contributed by atoms with E-state index in [1.807, 2.05) is 30.3 Å². The minimum Gasteiger partial charge on any atom is -0.478 e. The number of aliphatic carboxylic acids is 1. The molecule has 0 radical (unpaired) electrons. The number of aliphatic hydroxyl groups is 1. The second-order valence-electron chi connectivity index (χ2n) is 6.88.